The molecule has 7 nitrogen and oxygen atoms in total. The predicted octanol–water partition coefficient (Wildman–Crippen LogP) is 2.82. The van der Waals surface area contributed by atoms with Gasteiger partial charge in [0.05, 0.1) is 12.6 Å². The molecule has 152 valence electrons. The Balaban J connectivity index is 2.46. The quantitative estimate of drug-likeness (QED) is 0.667. The number of halogens is 2. The summed E-state index contributed by atoms with van der Waals surface area (Å²) >= 11 is 0. The van der Waals surface area contributed by atoms with Crippen molar-refractivity contribution in [3.05, 3.63) is 35.9 Å². The number of benzene rings is 1. The van der Waals surface area contributed by atoms with Crippen LogP contribution in [0.4, 0.5) is 18.4 Å². The summed E-state index contributed by atoms with van der Waals surface area (Å²) in [7, 11) is 0. The minimum Gasteiger partial charge on any atom is -0.445 e. The number of alkyl halides is 2. The summed E-state index contributed by atoms with van der Waals surface area (Å²) in [5, 5.41) is 13.9. The molecule has 0 aromatic heterocycles. The van der Waals surface area contributed by atoms with Crippen LogP contribution in [0, 0.1) is 0 Å². The van der Waals surface area contributed by atoms with Crippen molar-refractivity contribution in [1.82, 2.24) is 10.6 Å². The third kappa shape index (κ3) is 8.67. The number of aliphatic hydroxyl groups is 1. The molecule has 0 spiro atoms. The zero-order valence-electron chi connectivity index (χ0n) is 15.8. The molecule has 0 radical (unpaired) electrons. The number of rotatable bonds is 7. The molecule has 1 rings (SSSR count). The van der Waals surface area contributed by atoms with Crippen molar-refractivity contribution >= 4 is 12.2 Å². The summed E-state index contributed by atoms with van der Waals surface area (Å²) in [6.45, 7) is 4.79. The fraction of sp³-hybridized carbons (Fsp3) is 0.556. The fourth-order valence-electron chi connectivity index (χ4n) is 2.00. The fourth-order valence-corrected chi connectivity index (χ4v) is 2.00. The zero-order chi connectivity index (χ0) is 20.7. The average Bonchev–Trinajstić information content (AvgIpc) is 2.57. The normalized spacial score (nSPS) is 14.0. The van der Waals surface area contributed by atoms with Gasteiger partial charge >= 0.3 is 12.2 Å². The number of hydrogen-bond donors (Lipinski definition) is 3. The van der Waals surface area contributed by atoms with E-state index in [0.29, 0.717) is 0 Å². The number of ether oxygens (including phenoxy) is 2. The van der Waals surface area contributed by atoms with Crippen LogP contribution in [0.25, 0.3) is 0 Å². The molecule has 2 atom stereocenters. The summed E-state index contributed by atoms with van der Waals surface area (Å²) in [4.78, 5) is 23.2. The number of carbonyl (C=O) groups is 2. The lowest BCUT2D eigenvalue weighted by molar-refractivity contribution is -0.115. The Morgan fingerprint density at radius 3 is 2.30 bits per heavy atom. The van der Waals surface area contributed by atoms with Gasteiger partial charge in [0.15, 0.2) is 0 Å². The maximum atomic E-state index is 14.0. The summed E-state index contributed by atoms with van der Waals surface area (Å²) in [5.41, 5.74) is -0.109. The second-order valence-corrected chi connectivity index (χ2v) is 7.06. The largest absolute Gasteiger partial charge is 0.445 e. The van der Waals surface area contributed by atoms with Gasteiger partial charge in [-0.15, -0.1) is 0 Å². The number of alkyl carbamates (subject to hydrolysis) is 2. The lowest BCUT2D eigenvalue weighted by atomic mass is 10.1. The molecule has 1 aromatic rings. The highest BCUT2D eigenvalue weighted by molar-refractivity contribution is 5.68. The van der Waals surface area contributed by atoms with Crippen molar-refractivity contribution in [1.29, 1.82) is 0 Å². The Morgan fingerprint density at radius 1 is 1.15 bits per heavy atom. The maximum Gasteiger partial charge on any atom is 0.407 e. The van der Waals surface area contributed by atoms with Crippen LogP contribution >= 0.6 is 0 Å². The standard InChI is InChI=1S/C18H26F2N2O5/c1-12(22-16(25)26-10-13-8-6-5-7-9-13)14(23)18(19,20)11-21-15(24)27-17(2,3)4/h5-9,12,14,23H,10-11H2,1-4H3,(H,21,24)(H,22,25). The lowest BCUT2D eigenvalue weighted by Crippen LogP contribution is -2.54. The Morgan fingerprint density at radius 2 is 1.74 bits per heavy atom. The Hall–Kier alpha value is -2.42. The van der Waals surface area contributed by atoms with Crippen LogP contribution in [0.3, 0.4) is 0 Å². The molecular weight excluding hydrogens is 362 g/mol. The van der Waals surface area contributed by atoms with Crippen molar-refractivity contribution in [2.45, 2.75) is 58.0 Å². The van der Waals surface area contributed by atoms with Gasteiger partial charge in [-0.2, -0.15) is 0 Å². The molecule has 0 fully saturated rings. The summed E-state index contributed by atoms with van der Waals surface area (Å²) in [5.74, 6) is -3.69. The number of carbonyl (C=O) groups excluding carboxylic acids is 2. The molecule has 2 unspecified atom stereocenters. The molecule has 2 amide bonds. The van der Waals surface area contributed by atoms with Gasteiger partial charge < -0.3 is 25.2 Å². The molecule has 0 saturated carbocycles. The number of amides is 2. The van der Waals surface area contributed by atoms with E-state index < -0.39 is 42.4 Å². The Labute approximate surface area is 157 Å². The van der Waals surface area contributed by atoms with Crippen molar-refractivity contribution in [3.63, 3.8) is 0 Å². The van der Waals surface area contributed by atoms with Crippen LogP contribution in [0.15, 0.2) is 30.3 Å². The van der Waals surface area contributed by atoms with Gasteiger partial charge in [0, 0.05) is 0 Å². The van der Waals surface area contributed by atoms with E-state index in [1.807, 2.05) is 5.32 Å². The lowest BCUT2D eigenvalue weighted by Gasteiger charge is -2.28. The third-order valence-corrected chi connectivity index (χ3v) is 3.33. The van der Waals surface area contributed by atoms with E-state index >= 15 is 0 Å². The van der Waals surface area contributed by atoms with Gasteiger partial charge in [-0.1, -0.05) is 30.3 Å². The van der Waals surface area contributed by atoms with Gasteiger partial charge in [-0.05, 0) is 33.3 Å². The van der Waals surface area contributed by atoms with Crippen LogP contribution in [0.2, 0.25) is 0 Å². The first-order valence-electron chi connectivity index (χ1n) is 8.40. The first kappa shape index (κ1) is 22.6. The van der Waals surface area contributed by atoms with Crippen LogP contribution in [-0.4, -0.2) is 47.5 Å². The summed E-state index contributed by atoms with van der Waals surface area (Å²) in [6.07, 6.45) is -4.21. The monoisotopic (exact) mass is 388 g/mol. The minimum absolute atomic E-state index is 0.0356. The molecule has 0 aliphatic heterocycles. The topological polar surface area (TPSA) is 96.9 Å². The Kier molecular flexibility index (Phi) is 7.96. The van der Waals surface area contributed by atoms with Gasteiger partial charge in [0.25, 0.3) is 5.92 Å². The first-order chi connectivity index (χ1) is 12.4. The molecular formula is C18H26F2N2O5. The maximum absolute atomic E-state index is 14.0. The third-order valence-electron chi connectivity index (χ3n) is 3.33. The second kappa shape index (κ2) is 9.50. The molecule has 0 aliphatic carbocycles. The summed E-state index contributed by atoms with van der Waals surface area (Å²) in [6, 6.07) is 7.49. The highest BCUT2D eigenvalue weighted by Gasteiger charge is 2.43. The zero-order valence-corrected chi connectivity index (χ0v) is 15.8. The number of hydrogen-bond acceptors (Lipinski definition) is 5. The molecule has 0 heterocycles. The molecule has 3 N–H and O–H groups in total. The van der Waals surface area contributed by atoms with E-state index in [1.165, 1.54) is 6.92 Å². The van der Waals surface area contributed by atoms with Gasteiger partial charge in [0.2, 0.25) is 0 Å². The average molecular weight is 388 g/mol. The smallest absolute Gasteiger partial charge is 0.407 e. The van der Waals surface area contributed by atoms with Gasteiger partial charge in [-0.25, -0.2) is 18.4 Å². The van der Waals surface area contributed by atoms with E-state index in [2.05, 4.69) is 5.32 Å². The molecule has 27 heavy (non-hydrogen) atoms. The predicted molar refractivity (Wildman–Crippen MR) is 94.4 cm³/mol. The molecule has 0 aliphatic rings. The van der Waals surface area contributed by atoms with E-state index in [1.54, 1.807) is 51.1 Å². The minimum atomic E-state index is -3.69. The van der Waals surface area contributed by atoms with E-state index in [4.69, 9.17) is 9.47 Å². The highest BCUT2D eigenvalue weighted by atomic mass is 19.3. The number of aliphatic hydroxyl groups excluding tert-OH is 1. The van der Waals surface area contributed by atoms with Gasteiger partial charge in [0.1, 0.15) is 18.3 Å². The van der Waals surface area contributed by atoms with Crippen LogP contribution in [0.1, 0.15) is 33.3 Å². The van der Waals surface area contributed by atoms with Crippen LogP contribution < -0.4 is 10.6 Å². The molecule has 1 aromatic carbocycles. The van der Waals surface area contributed by atoms with Crippen LogP contribution in [-0.2, 0) is 16.1 Å². The van der Waals surface area contributed by atoms with Crippen molar-refractivity contribution in [2.24, 2.45) is 0 Å². The highest BCUT2D eigenvalue weighted by Crippen LogP contribution is 2.21. The SMILES string of the molecule is CC(NC(=O)OCc1ccccc1)C(O)C(F)(F)CNC(=O)OC(C)(C)C. The second-order valence-electron chi connectivity index (χ2n) is 7.06. The molecule has 9 heteroatoms. The molecule has 0 bridgehead atoms. The van der Waals surface area contributed by atoms with E-state index in [0.717, 1.165) is 5.56 Å². The first-order valence-corrected chi connectivity index (χ1v) is 8.40. The van der Waals surface area contributed by atoms with Gasteiger partial charge in [-0.3, -0.25) is 0 Å². The van der Waals surface area contributed by atoms with Crippen molar-refractivity contribution in [3.8, 4) is 0 Å². The summed E-state index contributed by atoms with van der Waals surface area (Å²) < 4.78 is 37.9. The number of nitrogens with one attached hydrogen (secondary N) is 2. The molecule has 0 saturated heterocycles. The van der Waals surface area contributed by atoms with Crippen molar-refractivity contribution in [2.75, 3.05) is 6.54 Å². The van der Waals surface area contributed by atoms with Crippen molar-refractivity contribution < 1.29 is 33.0 Å². The van der Waals surface area contributed by atoms with E-state index in [9.17, 15) is 23.5 Å². The Bertz CT molecular complexity index is 620. The van der Waals surface area contributed by atoms with E-state index in [-0.39, 0.29) is 6.61 Å². The van der Waals surface area contributed by atoms with Crippen LogP contribution in [0.5, 0.6) is 0 Å².